The third kappa shape index (κ3) is 8.20. The monoisotopic (exact) mass is 629 g/mol. The minimum Gasteiger partial charge on any atom is -0.494 e. The third-order valence-corrected chi connectivity index (χ3v) is 9.76. The molecule has 11 heteroatoms. The van der Waals surface area contributed by atoms with Crippen LogP contribution in [0, 0.1) is 18.8 Å². The van der Waals surface area contributed by atoms with E-state index in [1.54, 1.807) is 25.2 Å². The van der Waals surface area contributed by atoms with E-state index < -0.39 is 41.7 Å². The molecule has 10 nitrogen and oxygen atoms in total. The molecule has 2 aliphatic rings. The van der Waals surface area contributed by atoms with Gasteiger partial charge in [-0.05, 0) is 67.5 Å². The number of amides is 1. The summed E-state index contributed by atoms with van der Waals surface area (Å²) >= 11 is 1.29. The van der Waals surface area contributed by atoms with Gasteiger partial charge in [0.1, 0.15) is 41.9 Å². The minimum atomic E-state index is -1.29. The summed E-state index contributed by atoms with van der Waals surface area (Å²) in [6, 6.07) is 13.6. The molecule has 2 aromatic carbocycles. The summed E-state index contributed by atoms with van der Waals surface area (Å²) in [7, 11) is 3.85. The van der Waals surface area contributed by atoms with Gasteiger partial charge in [-0.3, -0.25) is 9.80 Å². The summed E-state index contributed by atoms with van der Waals surface area (Å²) in [5.74, 6) is -0.256. The summed E-state index contributed by atoms with van der Waals surface area (Å²) in [6.45, 7) is 7.45. The van der Waals surface area contributed by atoms with Crippen LogP contribution in [0.5, 0.6) is 5.75 Å². The highest BCUT2D eigenvalue weighted by Crippen LogP contribution is 2.36. The summed E-state index contributed by atoms with van der Waals surface area (Å²) in [6.07, 6.45) is -0.728. The molecule has 2 heterocycles. The number of aldehydes is 1. The fourth-order valence-corrected chi connectivity index (χ4v) is 6.46. The molecule has 3 N–H and O–H groups in total. The number of piperazine rings is 1. The molecule has 0 aliphatic carbocycles. The lowest BCUT2D eigenvalue weighted by molar-refractivity contribution is -0.200. The van der Waals surface area contributed by atoms with E-state index in [0.29, 0.717) is 25.2 Å². The number of nitrogens with zero attached hydrogens (tertiary/aromatic N) is 3. The first kappa shape index (κ1) is 34.4. The van der Waals surface area contributed by atoms with Gasteiger partial charge in [-0.2, -0.15) is 0 Å². The largest absolute Gasteiger partial charge is 0.494 e. The second-order valence-corrected chi connectivity index (χ2v) is 12.9. The highest BCUT2D eigenvalue weighted by molar-refractivity contribution is 7.99. The van der Waals surface area contributed by atoms with Gasteiger partial charge in [0.15, 0.2) is 0 Å². The van der Waals surface area contributed by atoms with Crippen molar-refractivity contribution in [1.82, 2.24) is 14.9 Å². The highest BCUT2D eigenvalue weighted by Gasteiger charge is 2.44. The maximum Gasteiger partial charge on any atom is 0.240 e. The van der Waals surface area contributed by atoms with Crippen LogP contribution in [0.4, 0.5) is 0 Å². The lowest BCUT2D eigenvalue weighted by atomic mass is 9.91. The number of aryl methyl sites for hydroxylation is 1. The molecule has 4 rings (SSSR count). The van der Waals surface area contributed by atoms with E-state index >= 15 is 0 Å². The van der Waals surface area contributed by atoms with Gasteiger partial charge in [0, 0.05) is 39.1 Å². The van der Waals surface area contributed by atoms with Crippen LogP contribution in [0.2, 0.25) is 0 Å². The Balaban J connectivity index is 1.35. The Kier molecular flexibility index (Phi) is 12.2. The Morgan fingerprint density at radius 3 is 2.41 bits per heavy atom. The first-order valence-electron chi connectivity index (χ1n) is 15.2. The Bertz CT molecular complexity index is 1240. The van der Waals surface area contributed by atoms with Crippen molar-refractivity contribution in [1.29, 1.82) is 0 Å². The fourth-order valence-electron chi connectivity index (χ4n) is 5.79. The molecule has 0 spiro atoms. The zero-order valence-corrected chi connectivity index (χ0v) is 27.2. The zero-order valence-electron chi connectivity index (χ0n) is 26.3. The van der Waals surface area contributed by atoms with Crippen molar-refractivity contribution >= 4 is 24.0 Å². The molecule has 2 saturated heterocycles. The molecular formula is C33H47N3O7S. The van der Waals surface area contributed by atoms with Crippen molar-refractivity contribution in [3.05, 3.63) is 64.7 Å². The molecule has 242 valence electrons. The van der Waals surface area contributed by atoms with Crippen molar-refractivity contribution in [2.75, 3.05) is 53.1 Å². The maximum atomic E-state index is 13.3. The lowest BCUT2D eigenvalue weighted by Crippen LogP contribution is -2.55. The van der Waals surface area contributed by atoms with Gasteiger partial charge in [-0.15, -0.1) is 11.8 Å². The quantitative estimate of drug-likeness (QED) is 0.302. The first-order chi connectivity index (χ1) is 21.0. The van der Waals surface area contributed by atoms with Crippen molar-refractivity contribution in [3.8, 4) is 5.75 Å². The number of hydrogen-bond donors (Lipinski definition) is 3. The van der Waals surface area contributed by atoms with E-state index in [1.165, 1.54) is 11.8 Å². The Morgan fingerprint density at radius 1 is 1.09 bits per heavy atom. The number of hydrogen-bond acceptors (Lipinski definition) is 10. The first-order valence-corrected chi connectivity index (χ1v) is 16.5. The van der Waals surface area contributed by atoms with E-state index in [2.05, 4.69) is 11.9 Å². The van der Waals surface area contributed by atoms with E-state index in [4.69, 9.17) is 9.47 Å². The zero-order chi connectivity index (χ0) is 32.0. The average molecular weight is 630 g/mol. The number of likely N-dealkylation sites (N-methyl/N-ethyl adjacent to an activating group) is 1. The van der Waals surface area contributed by atoms with Gasteiger partial charge >= 0.3 is 0 Å². The molecule has 44 heavy (non-hydrogen) atoms. The number of carbonyl (C=O) groups is 2. The van der Waals surface area contributed by atoms with Crippen molar-refractivity contribution in [2.45, 2.75) is 56.5 Å². The molecule has 2 aromatic rings. The molecule has 2 fully saturated rings. The van der Waals surface area contributed by atoms with E-state index in [0.717, 1.165) is 54.7 Å². The van der Waals surface area contributed by atoms with Crippen LogP contribution >= 0.6 is 11.8 Å². The van der Waals surface area contributed by atoms with Gasteiger partial charge in [0.2, 0.25) is 5.91 Å². The minimum absolute atomic E-state index is 0.0634. The van der Waals surface area contributed by atoms with Gasteiger partial charge in [0.25, 0.3) is 0 Å². The predicted molar refractivity (Wildman–Crippen MR) is 170 cm³/mol. The van der Waals surface area contributed by atoms with E-state index in [1.807, 2.05) is 54.4 Å². The molecular weight excluding hydrogens is 582 g/mol. The van der Waals surface area contributed by atoms with Crippen LogP contribution in [0.25, 0.3) is 0 Å². The number of ether oxygens (including phenoxy) is 2. The predicted octanol–water partition coefficient (Wildman–Crippen LogP) is 2.27. The molecule has 1 amide bonds. The number of aliphatic hydroxyl groups excluding tert-OH is 3. The molecule has 2 unspecified atom stereocenters. The molecule has 2 aliphatic heterocycles. The molecule has 0 saturated carbocycles. The summed E-state index contributed by atoms with van der Waals surface area (Å²) in [4.78, 5) is 27.2. The molecule has 0 bridgehead atoms. The average Bonchev–Trinajstić information content (AvgIpc) is 3.03. The van der Waals surface area contributed by atoms with Gasteiger partial charge in [-0.1, -0.05) is 37.3 Å². The number of carbonyl (C=O) groups excluding carboxylic acids is 2. The SMILES string of the molecule is CS[C@H]1O[C@@H](c2ccc(C)c(Cc3ccc(OCCC(C(=O)N(C)N4CCN(C)CC4)C(C)C=O)cc3)c2)[C@H](O)[C@@H](O)[C@@H]1O. The van der Waals surface area contributed by atoms with Crippen molar-refractivity contribution < 1.29 is 34.4 Å². The third-order valence-electron chi connectivity index (χ3n) is 8.91. The van der Waals surface area contributed by atoms with Crippen LogP contribution in [0.3, 0.4) is 0 Å². The van der Waals surface area contributed by atoms with Crippen molar-refractivity contribution in [3.63, 3.8) is 0 Å². The Labute approximate surface area is 264 Å². The number of benzene rings is 2. The normalized spacial score (nSPS) is 26.1. The second kappa shape index (κ2) is 15.7. The van der Waals surface area contributed by atoms with Crippen LogP contribution in [-0.2, 0) is 20.7 Å². The van der Waals surface area contributed by atoms with Crippen LogP contribution in [-0.4, -0.2) is 119 Å². The number of aliphatic hydroxyl groups is 3. The second-order valence-electron chi connectivity index (χ2n) is 12.0. The maximum absolute atomic E-state index is 13.3. The lowest BCUT2D eigenvalue weighted by Gasteiger charge is -2.40. The molecule has 0 radical (unpaired) electrons. The van der Waals surface area contributed by atoms with Crippen LogP contribution in [0.1, 0.15) is 41.7 Å². The smallest absolute Gasteiger partial charge is 0.240 e. The number of rotatable bonds is 12. The molecule has 7 atom stereocenters. The van der Waals surface area contributed by atoms with Crippen LogP contribution in [0.15, 0.2) is 42.5 Å². The van der Waals surface area contributed by atoms with Gasteiger partial charge in [0.05, 0.1) is 12.5 Å². The fraction of sp³-hybridized carbons (Fsp3) is 0.576. The van der Waals surface area contributed by atoms with E-state index in [9.17, 15) is 24.9 Å². The van der Waals surface area contributed by atoms with Crippen LogP contribution < -0.4 is 4.74 Å². The van der Waals surface area contributed by atoms with Gasteiger partial charge < -0.3 is 34.5 Å². The van der Waals surface area contributed by atoms with E-state index in [-0.39, 0.29) is 5.91 Å². The summed E-state index contributed by atoms with van der Waals surface area (Å²) in [5, 5.41) is 34.9. The standard InChI is InChI=1S/C33H47N3O7S/c1-21-6-9-24(31-29(39)28(38)30(40)33(43-31)44-5)19-25(21)18-23-7-10-26(11-8-23)42-17-12-27(22(2)20-37)32(41)35(4)36-15-13-34(3)14-16-36/h6-11,19-20,22,27-31,33,38-40H,12-18H2,1-5H3/t22?,27?,28-,29-,30+,31+,33-/m1/s1. The Morgan fingerprint density at radius 2 is 1.77 bits per heavy atom. The molecule has 0 aromatic heterocycles. The summed E-state index contributed by atoms with van der Waals surface area (Å²) < 4.78 is 12.0. The van der Waals surface area contributed by atoms with Crippen molar-refractivity contribution in [2.24, 2.45) is 11.8 Å². The summed E-state index contributed by atoms with van der Waals surface area (Å²) in [5.41, 5.74) is 3.32. The highest BCUT2D eigenvalue weighted by atomic mass is 32.2. The topological polar surface area (TPSA) is 123 Å². The van der Waals surface area contributed by atoms with Gasteiger partial charge in [-0.25, -0.2) is 5.01 Å². The Hall–Kier alpha value is -2.51. The number of thioether (sulfide) groups is 1. The number of hydrazine groups is 1.